The molecule has 0 spiro atoms. The van der Waals surface area contributed by atoms with Gasteiger partial charge in [0.1, 0.15) is 15.7 Å². The summed E-state index contributed by atoms with van der Waals surface area (Å²) in [5.74, 6) is -0.757. The molecule has 1 aromatic heterocycles. The first kappa shape index (κ1) is 13.9. The molecular weight excluding hydrogens is 289 g/mol. The Morgan fingerprint density at radius 3 is 2.84 bits per heavy atom. The van der Waals surface area contributed by atoms with Gasteiger partial charge in [-0.2, -0.15) is 0 Å². The van der Waals surface area contributed by atoms with Crippen LogP contribution in [0.3, 0.4) is 0 Å². The lowest BCUT2D eigenvalue weighted by molar-refractivity contribution is 0.578. The number of hydrogen-bond donors (Lipinski definition) is 2. The van der Waals surface area contributed by atoms with Gasteiger partial charge in [-0.05, 0) is 19.1 Å². The lowest BCUT2D eigenvalue weighted by atomic mass is 10.3. The Kier molecular flexibility index (Phi) is 3.83. The summed E-state index contributed by atoms with van der Waals surface area (Å²) in [4.78, 5) is 3.87. The number of aromatic nitrogens is 1. The van der Waals surface area contributed by atoms with E-state index in [-0.39, 0.29) is 17.1 Å². The SMILES string of the molecule is Cc1csc(CNS(=O)(=O)c2cccc(F)c2N)n1. The Hall–Kier alpha value is -1.51. The molecule has 8 heteroatoms. The second kappa shape index (κ2) is 5.24. The van der Waals surface area contributed by atoms with Crippen LogP contribution < -0.4 is 10.5 Å². The van der Waals surface area contributed by atoms with E-state index in [0.717, 1.165) is 11.8 Å². The molecule has 2 aromatic rings. The van der Waals surface area contributed by atoms with Crippen molar-refractivity contribution >= 4 is 27.0 Å². The number of nitrogens with one attached hydrogen (secondary N) is 1. The average Bonchev–Trinajstić information content (AvgIpc) is 2.76. The molecule has 1 aromatic carbocycles. The van der Waals surface area contributed by atoms with Crippen LogP contribution in [-0.4, -0.2) is 13.4 Å². The van der Waals surface area contributed by atoms with Crippen molar-refractivity contribution in [3.8, 4) is 0 Å². The van der Waals surface area contributed by atoms with Crippen molar-refractivity contribution in [2.75, 3.05) is 5.73 Å². The molecule has 2 rings (SSSR count). The van der Waals surface area contributed by atoms with Crippen molar-refractivity contribution in [3.05, 3.63) is 40.1 Å². The van der Waals surface area contributed by atoms with Crippen LogP contribution >= 0.6 is 11.3 Å². The summed E-state index contributed by atoms with van der Waals surface area (Å²) in [5.41, 5.74) is 5.87. The summed E-state index contributed by atoms with van der Waals surface area (Å²) in [6.45, 7) is 1.87. The molecule has 0 fully saturated rings. The molecule has 19 heavy (non-hydrogen) atoms. The van der Waals surface area contributed by atoms with Crippen LogP contribution in [0.5, 0.6) is 0 Å². The van der Waals surface area contributed by atoms with Gasteiger partial charge in [0.05, 0.1) is 12.2 Å². The van der Waals surface area contributed by atoms with Gasteiger partial charge in [0, 0.05) is 11.1 Å². The van der Waals surface area contributed by atoms with Gasteiger partial charge in [0.15, 0.2) is 0 Å². The van der Waals surface area contributed by atoms with Gasteiger partial charge in [-0.25, -0.2) is 22.5 Å². The second-order valence-corrected chi connectivity index (χ2v) is 6.54. The molecule has 0 aliphatic rings. The van der Waals surface area contributed by atoms with E-state index in [9.17, 15) is 12.8 Å². The number of hydrogen-bond acceptors (Lipinski definition) is 5. The molecular formula is C11H12FN3O2S2. The zero-order valence-corrected chi connectivity index (χ0v) is 11.7. The largest absolute Gasteiger partial charge is 0.395 e. The molecule has 0 atom stereocenters. The minimum Gasteiger partial charge on any atom is -0.395 e. The Bertz CT molecular complexity index is 698. The molecule has 102 valence electrons. The number of benzene rings is 1. The molecule has 0 unspecified atom stereocenters. The Morgan fingerprint density at radius 2 is 2.21 bits per heavy atom. The molecule has 0 bridgehead atoms. The summed E-state index contributed by atoms with van der Waals surface area (Å²) in [6, 6.07) is 3.67. The predicted molar refractivity (Wildman–Crippen MR) is 71.7 cm³/mol. The molecule has 3 N–H and O–H groups in total. The molecule has 0 aliphatic carbocycles. The number of anilines is 1. The first-order valence-corrected chi connectivity index (χ1v) is 7.71. The van der Waals surface area contributed by atoms with Crippen LogP contribution in [0.25, 0.3) is 0 Å². The summed E-state index contributed by atoms with van der Waals surface area (Å²) in [5, 5.41) is 2.45. The van der Waals surface area contributed by atoms with Crippen LogP contribution in [0.1, 0.15) is 10.7 Å². The lowest BCUT2D eigenvalue weighted by Crippen LogP contribution is -2.24. The van der Waals surface area contributed by atoms with E-state index in [4.69, 9.17) is 5.73 Å². The van der Waals surface area contributed by atoms with E-state index >= 15 is 0 Å². The number of nitrogens with zero attached hydrogens (tertiary/aromatic N) is 1. The maximum Gasteiger partial charge on any atom is 0.243 e. The summed E-state index contributed by atoms with van der Waals surface area (Å²) < 4.78 is 39.6. The number of aryl methyl sites for hydroxylation is 1. The number of rotatable bonds is 4. The maximum atomic E-state index is 13.2. The van der Waals surface area contributed by atoms with Gasteiger partial charge in [0.25, 0.3) is 0 Å². The van der Waals surface area contributed by atoms with Gasteiger partial charge < -0.3 is 5.73 Å². The third-order valence-corrected chi connectivity index (χ3v) is 4.81. The van der Waals surface area contributed by atoms with Gasteiger partial charge in [-0.1, -0.05) is 6.07 Å². The summed E-state index contributed by atoms with van der Waals surface area (Å²) >= 11 is 1.35. The monoisotopic (exact) mass is 301 g/mol. The summed E-state index contributed by atoms with van der Waals surface area (Å²) in [7, 11) is -3.85. The number of sulfonamides is 1. The highest BCUT2D eigenvalue weighted by molar-refractivity contribution is 7.89. The first-order valence-electron chi connectivity index (χ1n) is 5.35. The second-order valence-electron chi connectivity index (χ2n) is 3.86. The minimum absolute atomic E-state index is 0.0524. The topological polar surface area (TPSA) is 85.1 Å². The van der Waals surface area contributed by atoms with Gasteiger partial charge >= 0.3 is 0 Å². The highest BCUT2D eigenvalue weighted by Gasteiger charge is 2.19. The lowest BCUT2D eigenvalue weighted by Gasteiger charge is -2.08. The van der Waals surface area contributed by atoms with Crippen molar-refractivity contribution in [3.63, 3.8) is 0 Å². The van der Waals surface area contributed by atoms with Crippen LogP contribution in [-0.2, 0) is 16.6 Å². The van der Waals surface area contributed by atoms with Crippen molar-refractivity contribution < 1.29 is 12.8 Å². The molecule has 0 amide bonds. The molecule has 0 radical (unpaired) electrons. The molecule has 0 saturated carbocycles. The molecule has 1 heterocycles. The van der Waals surface area contributed by atoms with Crippen molar-refractivity contribution in [1.82, 2.24) is 9.71 Å². The minimum atomic E-state index is -3.85. The Morgan fingerprint density at radius 1 is 1.47 bits per heavy atom. The van der Waals surface area contributed by atoms with Crippen LogP contribution in [0.2, 0.25) is 0 Å². The van der Waals surface area contributed by atoms with Gasteiger partial charge in [-0.3, -0.25) is 0 Å². The standard InChI is InChI=1S/C11H12FN3O2S2/c1-7-6-18-10(15-7)5-14-19(16,17)9-4-2-3-8(12)11(9)13/h2-4,6,14H,5,13H2,1H3. The number of para-hydroxylation sites is 1. The predicted octanol–water partition coefficient (Wildman–Crippen LogP) is 1.65. The maximum absolute atomic E-state index is 13.2. The number of nitrogens with two attached hydrogens (primary N) is 1. The van der Waals surface area contributed by atoms with E-state index in [1.54, 1.807) is 0 Å². The van der Waals surface area contributed by atoms with Crippen molar-refractivity contribution in [2.24, 2.45) is 0 Å². The van der Waals surface area contributed by atoms with Crippen LogP contribution in [0, 0.1) is 12.7 Å². The van der Waals surface area contributed by atoms with Crippen molar-refractivity contribution in [1.29, 1.82) is 0 Å². The molecule has 0 aliphatic heterocycles. The smallest absolute Gasteiger partial charge is 0.243 e. The number of halogens is 1. The zero-order valence-electron chi connectivity index (χ0n) is 10.1. The Balaban J connectivity index is 2.21. The van der Waals surface area contributed by atoms with E-state index in [1.807, 2.05) is 12.3 Å². The third kappa shape index (κ3) is 3.09. The molecule has 5 nitrogen and oxygen atoms in total. The fourth-order valence-electron chi connectivity index (χ4n) is 1.47. The van der Waals surface area contributed by atoms with Crippen LogP contribution in [0.4, 0.5) is 10.1 Å². The fraction of sp³-hybridized carbons (Fsp3) is 0.182. The molecule has 0 saturated heterocycles. The quantitative estimate of drug-likeness (QED) is 0.841. The van der Waals surface area contributed by atoms with E-state index < -0.39 is 15.8 Å². The highest BCUT2D eigenvalue weighted by atomic mass is 32.2. The first-order chi connectivity index (χ1) is 8.90. The fourth-order valence-corrected chi connectivity index (χ4v) is 3.40. The normalized spacial score (nSPS) is 11.7. The van der Waals surface area contributed by atoms with Gasteiger partial charge in [-0.15, -0.1) is 11.3 Å². The summed E-state index contributed by atoms with van der Waals surface area (Å²) in [6.07, 6.45) is 0. The highest BCUT2D eigenvalue weighted by Crippen LogP contribution is 2.21. The number of nitrogen functional groups attached to an aromatic ring is 1. The average molecular weight is 301 g/mol. The number of thiazole rings is 1. The van der Waals surface area contributed by atoms with E-state index in [1.165, 1.54) is 23.5 Å². The van der Waals surface area contributed by atoms with Crippen molar-refractivity contribution in [2.45, 2.75) is 18.4 Å². The van der Waals surface area contributed by atoms with Gasteiger partial charge in [0.2, 0.25) is 10.0 Å². The zero-order chi connectivity index (χ0) is 14.0. The Labute approximate surface area is 114 Å². The van der Waals surface area contributed by atoms with E-state index in [0.29, 0.717) is 5.01 Å². The van der Waals surface area contributed by atoms with E-state index in [2.05, 4.69) is 9.71 Å². The van der Waals surface area contributed by atoms with Crippen LogP contribution in [0.15, 0.2) is 28.5 Å². The third-order valence-electron chi connectivity index (χ3n) is 2.38.